The quantitative estimate of drug-likeness (QED) is 0.882. The van der Waals surface area contributed by atoms with Crippen LogP contribution in [0.3, 0.4) is 0 Å². The van der Waals surface area contributed by atoms with Gasteiger partial charge in [-0.15, -0.1) is 0 Å². The second-order valence-electron chi connectivity index (χ2n) is 5.93. The topological polar surface area (TPSA) is 67.8 Å². The van der Waals surface area contributed by atoms with Crippen molar-refractivity contribution in [3.05, 3.63) is 29.3 Å². The van der Waals surface area contributed by atoms with Crippen molar-refractivity contribution in [3.63, 3.8) is 0 Å². The van der Waals surface area contributed by atoms with Crippen LogP contribution in [0.25, 0.3) is 0 Å². The number of aryl methyl sites for hydroxylation is 1. The molecule has 1 aromatic rings. The van der Waals surface area contributed by atoms with Crippen LogP contribution in [0.15, 0.2) is 18.2 Å². The number of methoxy groups -OCH3 is 1. The second-order valence-corrected chi connectivity index (χ2v) is 5.93. The van der Waals surface area contributed by atoms with E-state index >= 15 is 0 Å². The second kappa shape index (κ2) is 5.66. The maximum absolute atomic E-state index is 12.4. The summed E-state index contributed by atoms with van der Waals surface area (Å²) in [5, 5.41) is 12.9. The van der Waals surface area contributed by atoms with Crippen LogP contribution in [-0.4, -0.2) is 43.5 Å². The molecule has 21 heavy (non-hydrogen) atoms. The number of benzene rings is 1. The van der Waals surface area contributed by atoms with Crippen LogP contribution in [-0.2, 0) is 9.47 Å². The van der Waals surface area contributed by atoms with Crippen LogP contribution in [0.5, 0.6) is 5.75 Å². The molecule has 1 heterocycles. The number of phenolic OH excluding ortho intramolecular Hbond substituents is 1. The van der Waals surface area contributed by atoms with Crippen molar-refractivity contribution in [1.82, 2.24) is 5.32 Å². The summed E-state index contributed by atoms with van der Waals surface area (Å²) in [5.41, 5.74) is 1.27. The molecule has 4 atom stereocenters. The average molecular weight is 291 g/mol. The Morgan fingerprint density at radius 3 is 3.10 bits per heavy atom. The third-order valence-electron chi connectivity index (χ3n) is 4.58. The fourth-order valence-electron chi connectivity index (χ4n) is 3.50. The number of aromatic hydroxyl groups is 1. The Kier molecular flexibility index (Phi) is 3.87. The van der Waals surface area contributed by atoms with Gasteiger partial charge in [0.1, 0.15) is 5.75 Å². The minimum absolute atomic E-state index is 0.0138. The van der Waals surface area contributed by atoms with Gasteiger partial charge in [-0.25, -0.2) is 0 Å². The van der Waals surface area contributed by atoms with E-state index in [9.17, 15) is 9.90 Å². The first-order valence-electron chi connectivity index (χ1n) is 7.33. The number of hydrogen-bond donors (Lipinski definition) is 2. The van der Waals surface area contributed by atoms with Gasteiger partial charge >= 0.3 is 0 Å². The summed E-state index contributed by atoms with van der Waals surface area (Å²) in [5.74, 6) is 0.340. The van der Waals surface area contributed by atoms with Gasteiger partial charge in [0, 0.05) is 31.6 Å². The van der Waals surface area contributed by atoms with Gasteiger partial charge in [0.2, 0.25) is 0 Å². The molecule has 1 aliphatic heterocycles. The summed E-state index contributed by atoms with van der Waals surface area (Å²) in [4.78, 5) is 12.4. The molecule has 1 amide bonds. The smallest absolute Gasteiger partial charge is 0.255 e. The van der Waals surface area contributed by atoms with E-state index in [1.54, 1.807) is 25.3 Å². The molecular weight excluding hydrogens is 270 g/mol. The molecule has 1 saturated carbocycles. The Hall–Kier alpha value is -1.59. The predicted octanol–water partition coefficient (Wildman–Crippen LogP) is 1.48. The molecule has 5 heteroatoms. The van der Waals surface area contributed by atoms with Gasteiger partial charge in [-0.2, -0.15) is 0 Å². The molecule has 3 rings (SSSR count). The van der Waals surface area contributed by atoms with Crippen molar-refractivity contribution in [2.45, 2.75) is 25.5 Å². The third kappa shape index (κ3) is 2.51. The van der Waals surface area contributed by atoms with E-state index in [0.717, 1.165) is 18.6 Å². The number of carbonyl (C=O) groups is 1. The van der Waals surface area contributed by atoms with E-state index in [0.29, 0.717) is 18.1 Å². The Morgan fingerprint density at radius 1 is 1.52 bits per heavy atom. The zero-order valence-corrected chi connectivity index (χ0v) is 12.3. The van der Waals surface area contributed by atoms with Crippen molar-refractivity contribution in [2.75, 3.05) is 20.3 Å². The van der Waals surface area contributed by atoms with E-state index in [-0.39, 0.29) is 29.7 Å². The van der Waals surface area contributed by atoms with Crippen LogP contribution >= 0.6 is 0 Å². The van der Waals surface area contributed by atoms with Crippen molar-refractivity contribution >= 4 is 5.91 Å². The first-order valence-corrected chi connectivity index (χ1v) is 7.33. The number of amides is 1. The van der Waals surface area contributed by atoms with Crippen LogP contribution in [0.4, 0.5) is 0 Å². The molecule has 0 bridgehead atoms. The monoisotopic (exact) mass is 291 g/mol. The lowest BCUT2D eigenvalue weighted by Crippen LogP contribution is -2.62. The Morgan fingerprint density at radius 2 is 2.33 bits per heavy atom. The number of carbonyl (C=O) groups excluding carboxylic acids is 1. The highest BCUT2D eigenvalue weighted by Crippen LogP contribution is 2.43. The van der Waals surface area contributed by atoms with E-state index in [2.05, 4.69) is 5.32 Å². The summed E-state index contributed by atoms with van der Waals surface area (Å²) in [6.45, 7) is 3.22. The standard InChI is InChI=1S/C16H21NO4/c1-9-3-4-13(18)11(7-9)16(19)17-14-10-5-6-21-15(10)12(14)8-20-2/h3-4,7,10,12,14-15,18H,5-6,8H2,1-2H3,(H,17,19)/t10-,12-,14-,15-/m0/s1. The Balaban J connectivity index is 1.73. The summed E-state index contributed by atoms with van der Waals surface area (Å²) < 4.78 is 10.9. The van der Waals surface area contributed by atoms with E-state index in [1.165, 1.54) is 0 Å². The third-order valence-corrected chi connectivity index (χ3v) is 4.58. The summed E-state index contributed by atoms with van der Waals surface area (Å²) >= 11 is 0. The fourth-order valence-corrected chi connectivity index (χ4v) is 3.50. The highest BCUT2D eigenvalue weighted by atomic mass is 16.5. The minimum atomic E-state index is -0.229. The first kappa shape index (κ1) is 14.4. The van der Waals surface area contributed by atoms with Gasteiger partial charge < -0.3 is 19.9 Å². The van der Waals surface area contributed by atoms with Crippen LogP contribution < -0.4 is 5.32 Å². The van der Waals surface area contributed by atoms with Gasteiger partial charge in [-0.3, -0.25) is 4.79 Å². The molecule has 5 nitrogen and oxygen atoms in total. The highest BCUT2D eigenvalue weighted by molar-refractivity contribution is 5.97. The van der Waals surface area contributed by atoms with Crippen LogP contribution in [0.1, 0.15) is 22.3 Å². The number of ether oxygens (including phenoxy) is 2. The van der Waals surface area contributed by atoms with Crippen LogP contribution in [0.2, 0.25) is 0 Å². The molecule has 0 aromatic heterocycles. The molecule has 114 valence electrons. The number of fused-ring (bicyclic) bond motifs is 1. The van der Waals surface area contributed by atoms with Crippen molar-refractivity contribution in [2.24, 2.45) is 11.8 Å². The molecule has 1 aromatic carbocycles. The summed E-state index contributed by atoms with van der Waals surface area (Å²) in [6.07, 6.45) is 1.16. The van der Waals surface area contributed by atoms with Gasteiger partial charge in [0.15, 0.2) is 0 Å². The summed E-state index contributed by atoms with van der Waals surface area (Å²) in [6, 6.07) is 5.10. The molecule has 0 unspecified atom stereocenters. The number of phenols is 1. The van der Waals surface area contributed by atoms with Crippen LogP contribution in [0, 0.1) is 18.8 Å². The lowest BCUT2D eigenvalue weighted by atomic mass is 9.67. The normalized spacial score (nSPS) is 30.6. The molecule has 0 radical (unpaired) electrons. The SMILES string of the molecule is COC[C@H]1[C@@H](NC(=O)c2cc(C)ccc2O)[C@@H]2CCO[C@@H]21. The number of rotatable bonds is 4. The fraction of sp³-hybridized carbons (Fsp3) is 0.562. The van der Waals surface area contributed by atoms with Crippen molar-refractivity contribution < 1.29 is 19.4 Å². The van der Waals surface area contributed by atoms with E-state index < -0.39 is 0 Å². The molecule has 1 saturated heterocycles. The maximum atomic E-state index is 12.4. The molecule has 2 aliphatic rings. The largest absolute Gasteiger partial charge is 0.507 e. The Labute approximate surface area is 124 Å². The van der Waals surface area contributed by atoms with Gasteiger partial charge in [-0.1, -0.05) is 11.6 Å². The minimum Gasteiger partial charge on any atom is -0.507 e. The van der Waals surface area contributed by atoms with Gasteiger partial charge in [0.25, 0.3) is 5.91 Å². The van der Waals surface area contributed by atoms with Crippen molar-refractivity contribution in [3.8, 4) is 5.75 Å². The van der Waals surface area contributed by atoms with Gasteiger partial charge in [-0.05, 0) is 25.5 Å². The zero-order valence-electron chi connectivity index (χ0n) is 12.3. The maximum Gasteiger partial charge on any atom is 0.255 e. The van der Waals surface area contributed by atoms with Crippen molar-refractivity contribution in [1.29, 1.82) is 0 Å². The molecule has 1 aliphatic carbocycles. The molecule has 2 N–H and O–H groups in total. The lowest BCUT2D eigenvalue weighted by molar-refractivity contribution is -0.0809. The lowest BCUT2D eigenvalue weighted by Gasteiger charge is -2.47. The molecule has 0 spiro atoms. The highest BCUT2D eigenvalue weighted by Gasteiger charge is 2.54. The summed E-state index contributed by atoms with van der Waals surface area (Å²) in [7, 11) is 1.66. The number of hydrogen-bond acceptors (Lipinski definition) is 4. The molecule has 2 fully saturated rings. The number of nitrogens with one attached hydrogen (secondary N) is 1. The van der Waals surface area contributed by atoms with E-state index in [4.69, 9.17) is 9.47 Å². The van der Waals surface area contributed by atoms with E-state index in [1.807, 2.05) is 6.92 Å². The predicted molar refractivity (Wildman–Crippen MR) is 77.3 cm³/mol. The Bertz CT molecular complexity index is 545. The zero-order chi connectivity index (χ0) is 15.0. The average Bonchev–Trinajstić information content (AvgIpc) is 2.89. The van der Waals surface area contributed by atoms with Gasteiger partial charge in [0.05, 0.1) is 18.3 Å². The first-order chi connectivity index (χ1) is 10.1. The molecular formula is C16H21NO4.